The summed E-state index contributed by atoms with van der Waals surface area (Å²) in [6.45, 7) is 0.0735. The van der Waals surface area contributed by atoms with Gasteiger partial charge in [0, 0.05) is 19.2 Å². The van der Waals surface area contributed by atoms with Crippen LogP contribution in [0.3, 0.4) is 0 Å². The average molecular weight is 234 g/mol. The highest BCUT2D eigenvalue weighted by atomic mass is 16.3. The van der Waals surface area contributed by atoms with E-state index in [1.54, 1.807) is 4.90 Å². The molecule has 1 aromatic carbocycles. The zero-order chi connectivity index (χ0) is 12.4. The zero-order valence-electron chi connectivity index (χ0n) is 10.2. The molecule has 2 rings (SSSR count). The first kappa shape index (κ1) is 12.1. The smallest absolute Gasteiger partial charge is 0.227 e. The van der Waals surface area contributed by atoms with Crippen LogP contribution in [-0.2, 0) is 11.2 Å². The van der Waals surface area contributed by atoms with E-state index in [4.69, 9.17) is 0 Å². The Labute approximate surface area is 101 Å². The quantitative estimate of drug-likeness (QED) is 0.815. The first-order chi connectivity index (χ1) is 8.17. The molecule has 2 N–H and O–H groups in total. The number of aryl methyl sites for hydroxylation is 1. The Morgan fingerprint density at radius 2 is 2.24 bits per heavy atom. The lowest BCUT2D eigenvalue weighted by molar-refractivity contribution is -0.118. The zero-order valence-corrected chi connectivity index (χ0v) is 10.2. The minimum atomic E-state index is -0.0387. The highest BCUT2D eigenvalue weighted by Crippen LogP contribution is 2.29. The van der Waals surface area contributed by atoms with E-state index in [0.29, 0.717) is 6.42 Å². The highest BCUT2D eigenvalue weighted by molar-refractivity contribution is 5.95. The number of aliphatic hydroxyl groups excluding tert-OH is 1. The molecule has 0 aromatic heterocycles. The molecule has 1 atom stereocenters. The fraction of sp³-hybridized carbons (Fsp3) is 0.462. The Balaban J connectivity index is 2.35. The van der Waals surface area contributed by atoms with E-state index in [1.807, 2.05) is 26.2 Å². The summed E-state index contributed by atoms with van der Waals surface area (Å²) in [7, 11) is 3.64. The van der Waals surface area contributed by atoms with Crippen molar-refractivity contribution in [2.75, 3.05) is 25.6 Å². The van der Waals surface area contributed by atoms with Gasteiger partial charge in [-0.15, -0.1) is 0 Å². The summed E-state index contributed by atoms with van der Waals surface area (Å²) >= 11 is 0. The number of carbonyl (C=O) groups is 1. The average Bonchev–Trinajstić information content (AvgIpc) is 2.35. The monoisotopic (exact) mass is 234 g/mol. The van der Waals surface area contributed by atoms with Crippen LogP contribution in [0.25, 0.3) is 0 Å². The summed E-state index contributed by atoms with van der Waals surface area (Å²) < 4.78 is 0. The van der Waals surface area contributed by atoms with Gasteiger partial charge in [0.1, 0.15) is 0 Å². The summed E-state index contributed by atoms with van der Waals surface area (Å²) in [5.74, 6) is 0.164. The lowest BCUT2D eigenvalue weighted by Crippen LogP contribution is -2.31. The number of hydrogen-bond donors (Lipinski definition) is 2. The standard InChI is InChI=1S/C13H18N2O2/c1-14-11(8-16)9-3-5-12-10(7-9)4-6-13(17)15(12)2/h3,5,7,11,14,16H,4,6,8H2,1-2H3. The summed E-state index contributed by atoms with van der Waals surface area (Å²) in [6, 6.07) is 5.96. The first-order valence-corrected chi connectivity index (χ1v) is 5.85. The molecule has 0 saturated carbocycles. The lowest BCUT2D eigenvalue weighted by atomic mass is 9.96. The maximum absolute atomic E-state index is 11.6. The van der Waals surface area contributed by atoms with Crippen LogP contribution in [0, 0.1) is 0 Å². The van der Waals surface area contributed by atoms with E-state index in [0.717, 1.165) is 17.7 Å². The van der Waals surface area contributed by atoms with E-state index in [1.165, 1.54) is 5.56 Å². The number of fused-ring (bicyclic) bond motifs is 1. The third kappa shape index (κ3) is 2.18. The van der Waals surface area contributed by atoms with Crippen molar-refractivity contribution in [2.24, 2.45) is 0 Å². The van der Waals surface area contributed by atoms with E-state index < -0.39 is 0 Å². The molecule has 0 fully saturated rings. The van der Waals surface area contributed by atoms with Gasteiger partial charge in [0.25, 0.3) is 0 Å². The summed E-state index contributed by atoms with van der Waals surface area (Å²) in [4.78, 5) is 13.3. The molecule has 1 amide bonds. The molecule has 0 aliphatic carbocycles. The predicted octanol–water partition coefficient (Wildman–Crippen LogP) is 0.848. The van der Waals surface area contributed by atoms with Crippen LogP contribution in [-0.4, -0.2) is 31.7 Å². The van der Waals surface area contributed by atoms with Crippen LogP contribution in [0.4, 0.5) is 5.69 Å². The number of likely N-dealkylation sites (N-methyl/N-ethyl adjacent to an activating group) is 1. The molecule has 1 heterocycles. The maximum atomic E-state index is 11.6. The van der Waals surface area contributed by atoms with Gasteiger partial charge in [0.2, 0.25) is 5.91 Å². The van der Waals surface area contributed by atoms with Crippen LogP contribution < -0.4 is 10.2 Å². The van der Waals surface area contributed by atoms with E-state index >= 15 is 0 Å². The van der Waals surface area contributed by atoms with Gasteiger partial charge in [-0.3, -0.25) is 4.79 Å². The van der Waals surface area contributed by atoms with Crippen LogP contribution in [0.15, 0.2) is 18.2 Å². The fourth-order valence-electron chi connectivity index (χ4n) is 2.26. The van der Waals surface area contributed by atoms with Crippen LogP contribution >= 0.6 is 0 Å². The van der Waals surface area contributed by atoms with Crippen molar-refractivity contribution in [1.29, 1.82) is 0 Å². The third-order valence-corrected chi connectivity index (χ3v) is 3.38. The number of carbonyl (C=O) groups excluding carboxylic acids is 1. The molecule has 1 aromatic rings. The summed E-state index contributed by atoms with van der Waals surface area (Å²) in [5.41, 5.74) is 3.23. The number of amides is 1. The third-order valence-electron chi connectivity index (χ3n) is 3.38. The lowest BCUT2D eigenvalue weighted by Gasteiger charge is -2.27. The van der Waals surface area contributed by atoms with Gasteiger partial charge >= 0.3 is 0 Å². The highest BCUT2D eigenvalue weighted by Gasteiger charge is 2.21. The van der Waals surface area contributed by atoms with Crippen LogP contribution in [0.1, 0.15) is 23.6 Å². The molecule has 1 aliphatic heterocycles. The topological polar surface area (TPSA) is 52.6 Å². The normalized spacial score (nSPS) is 16.9. The molecule has 92 valence electrons. The molecule has 0 radical (unpaired) electrons. The number of rotatable bonds is 3. The van der Waals surface area contributed by atoms with Gasteiger partial charge in [-0.2, -0.15) is 0 Å². The predicted molar refractivity (Wildman–Crippen MR) is 67.1 cm³/mol. The number of nitrogens with zero attached hydrogens (tertiary/aromatic N) is 1. The Kier molecular flexibility index (Phi) is 3.45. The molecule has 0 spiro atoms. The summed E-state index contributed by atoms with van der Waals surface area (Å²) in [5, 5.41) is 12.3. The van der Waals surface area contributed by atoms with Gasteiger partial charge in [-0.05, 0) is 30.7 Å². The van der Waals surface area contributed by atoms with Gasteiger partial charge in [0.15, 0.2) is 0 Å². The Hall–Kier alpha value is -1.39. The molecular weight excluding hydrogens is 216 g/mol. The van der Waals surface area contributed by atoms with Crippen molar-refractivity contribution in [1.82, 2.24) is 5.32 Å². The minimum Gasteiger partial charge on any atom is -0.394 e. The van der Waals surface area contributed by atoms with Gasteiger partial charge in [-0.25, -0.2) is 0 Å². The van der Waals surface area contributed by atoms with Crippen molar-refractivity contribution in [3.63, 3.8) is 0 Å². The number of aliphatic hydroxyl groups is 1. The first-order valence-electron chi connectivity index (χ1n) is 5.85. The molecule has 17 heavy (non-hydrogen) atoms. The molecule has 1 unspecified atom stereocenters. The molecule has 0 saturated heterocycles. The van der Waals surface area contributed by atoms with Gasteiger partial charge in [-0.1, -0.05) is 12.1 Å². The van der Waals surface area contributed by atoms with Crippen molar-refractivity contribution in [2.45, 2.75) is 18.9 Å². The van der Waals surface area contributed by atoms with Gasteiger partial charge in [0.05, 0.1) is 12.6 Å². The van der Waals surface area contributed by atoms with Crippen molar-refractivity contribution in [3.8, 4) is 0 Å². The van der Waals surface area contributed by atoms with Crippen LogP contribution in [0.2, 0.25) is 0 Å². The van der Waals surface area contributed by atoms with Crippen molar-refractivity contribution >= 4 is 11.6 Å². The maximum Gasteiger partial charge on any atom is 0.227 e. The molecule has 0 bridgehead atoms. The van der Waals surface area contributed by atoms with Crippen LogP contribution in [0.5, 0.6) is 0 Å². The number of anilines is 1. The second-order valence-electron chi connectivity index (χ2n) is 4.36. The Morgan fingerprint density at radius 1 is 1.47 bits per heavy atom. The second-order valence-corrected chi connectivity index (χ2v) is 4.36. The second kappa shape index (κ2) is 4.85. The van der Waals surface area contributed by atoms with Crippen molar-refractivity contribution in [3.05, 3.63) is 29.3 Å². The van der Waals surface area contributed by atoms with E-state index in [2.05, 4.69) is 11.4 Å². The number of benzene rings is 1. The Morgan fingerprint density at radius 3 is 2.88 bits per heavy atom. The SMILES string of the molecule is CNC(CO)c1ccc2c(c1)CCC(=O)N2C. The Bertz CT molecular complexity index is 427. The molecule has 1 aliphatic rings. The number of nitrogens with one attached hydrogen (secondary N) is 1. The largest absolute Gasteiger partial charge is 0.394 e. The fourth-order valence-corrected chi connectivity index (χ4v) is 2.26. The van der Waals surface area contributed by atoms with Crippen molar-refractivity contribution < 1.29 is 9.90 Å². The van der Waals surface area contributed by atoms with E-state index in [-0.39, 0.29) is 18.6 Å². The van der Waals surface area contributed by atoms with Gasteiger partial charge < -0.3 is 15.3 Å². The molecular formula is C13H18N2O2. The minimum absolute atomic E-state index is 0.0387. The summed E-state index contributed by atoms with van der Waals surface area (Å²) in [6.07, 6.45) is 1.35. The van der Waals surface area contributed by atoms with E-state index in [9.17, 15) is 9.90 Å². The molecule has 4 heteroatoms. The number of hydrogen-bond acceptors (Lipinski definition) is 3. The molecule has 4 nitrogen and oxygen atoms in total.